The molecular weight excluding hydrogens is 208 g/mol. The number of aryl methyl sites for hydroxylation is 1. The van der Waals surface area contributed by atoms with E-state index in [9.17, 15) is 4.79 Å². The molecule has 1 amide bonds. The summed E-state index contributed by atoms with van der Waals surface area (Å²) in [6.45, 7) is 2.05. The van der Waals surface area contributed by atoms with Gasteiger partial charge >= 0.3 is 0 Å². The minimum Gasteiger partial charge on any atom is -0.368 e. The Kier molecular flexibility index (Phi) is 4.65. The Morgan fingerprint density at radius 1 is 1.47 bits per heavy atom. The molecule has 3 nitrogen and oxygen atoms in total. The van der Waals surface area contributed by atoms with E-state index in [2.05, 4.69) is 17.4 Å². The monoisotopic (exact) mass is 224 g/mol. The lowest BCUT2D eigenvalue weighted by Gasteiger charge is -2.11. The fraction of sp³-hybridized carbons (Fsp3) is 0.364. The standard InChI is InChI=1S/C11H16N2OS/c1-8-3-5-9(6-4-8)15-7-10(13-2)11(12)14/h3-6,10,13H,7H2,1-2H3,(H2,12,14). The molecule has 82 valence electrons. The molecule has 4 heteroatoms. The predicted octanol–water partition coefficient (Wildman–Crippen LogP) is 1.16. The molecule has 0 spiro atoms. The van der Waals surface area contributed by atoms with Crippen molar-refractivity contribution in [3.63, 3.8) is 0 Å². The van der Waals surface area contributed by atoms with Crippen molar-refractivity contribution in [2.45, 2.75) is 17.9 Å². The molecule has 0 saturated carbocycles. The van der Waals surface area contributed by atoms with Gasteiger partial charge in [-0.25, -0.2) is 0 Å². The molecule has 3 N–H and O–H groups in total. The summed E-state index contributed by atoms with van der Waals surface area (Å²) < 4.78 is 0. The number of primary amides is 1. The van der Waals surface area contributed by atoms with Crippen LogP contribution in [0.2, 0.25) is 0 Å². The molecule has 1 rings (SSSR count). The fourth-order valence-electron chi connectivity index (χ4n) is 1.12. The van der Waals surface area contributed by atoms with E-state index >= 15 is 0 Å². The molecule has 0 saturated heterocycles. The number of carbonyl (C=O) groups excluding carboxylic acids is 1. The Morgan fingerprint density at radius 2 is 2.07 bits per heavy atom. The van der Waals surface area contributed by atoms with Crippen molar-refractivity contribution in [1.29, 1.82) is 0 Å². The van der Waals surface area contributed by atoms with E-state index in [4.69, 9.17) is 5.73 Å². The van der Waals surface area contributed by atoms with Crippen LogP contribution < -0.4 is 11.1 Å². The van der Waals surface area contributed by atoms with Gasteiger partial charge in [-0.1, -0.05) is 17.7 Å². The van der Waals surface area contributed by atoms with E-state index in [1.54, 1.807) is 18.8 Å². The molecule has 0 aliphatic heterocycles. The number of amides is 1. The number of hydrogen-bond acceptors (Lipinski definition) is 3. The number of benzene rings is 1. The first-order valence-corrected chi connectivity index (χ1v) is 5.78. The highest BCUT2D eigenvalue weighted by Crippen LogP contribution is 2.18. The third-order valence-electron chi connectivity index (χ3n) is 2.13. The highest BCUT2D eigenvalue weighted by Gasteiger charge is 2.12. The van der Waals surface area contributed by atoms with Crippen LogP contribution in [0, 0.1) is 6.92 Å². The number of rotatable bonds is 5. The number of thioether (sulfide) groups is 1. The van der Waals surface area contributed by atoms with Crippen LogP contribution in [0.15, 0.2) is 29.2 Å². The van der Waals surface area contributed by atoms with Gasteiger partial charge in [0.05, 0.1) is 6.04 Å². The van der Waals surface area contributed by atoms with Gasteiger partial charge in [0.15, 0.2) is 0 Å². The van der Waals surface area contributed by atoms with Gasteiger partial charge in [0.25, 0.3) is 0 Å². The SMILES string of the molecule is CNC(CSc1ccc(C)cc1)C(N)=O. The van der Waals surface area contributed by atoms with Crippen molar-refractivity contribution < 1.29 is 4.79 Å². The van der Waals surface area contributed by atoms with Crippen molar-refractivity contribution >= 4 is 17.7 Å². The molecular formula is C11H16N2OS. The molecule has 0 aromatic heterocycles. The zero-order chi connectivity index (χ0) is 11.3. The van der Waals surface area contributed by atoms with Gasteiger partial charge in [-0.05, 0) is 26.1 Å². The number of nitrogens with one attached hydrogen (secondary N) is 1. The number of hydrogen-bond donors (Lipinski definition) is 2. The van der Waals surface area contributed by atoms with E-state index in [0.717, 1.165) is 4.90 Å². The van der Waals surface area contributed by atoms with Gasteiger partial charge in [-0.15, -0.1) is 11.8 Å². The van der Waals surface area contributed by atoms with Gasteiger partial charge in [0.2, 0.25) is 5.91 Å². The molecule has 0 heterocycles. The van der Waals surface area contributed by atoms with Gasteiger partial charge in [0.1, 0.15) is 0 Å². The van der Waals surface area contributed by atoms with Crippen LogP contribution in [0.1, 0.15) is 5.56 Å². The lowest BCUT2D eigenvalue weighted by molar-refractivity contribution is -0.119. The largest absolute Gasteiger partial charge is 0.368 e. The van der Waals surface area contributed by atoms with Crippen LogP contribution in [-0.2, 0) is 4.79 Å². The lowest BCUT2D eigenvalue weighted by Crippen LogP contribution is -2.41. The topological polar surface area (TPSA) is 55.1 Å². The van der Waals surface area contributed by atoms with Crippen molar-refractivity contribution in [2.24, 2.45) is 5.73 Å². The smallest absolute Gasteiger partial charge is 0.235 e. The summed E-state index contributed by atoms with van der Waals surface area (Å²) >= 11 is 1.63. The third kappa shape index (κ3) is 3.93. The average Bonchev–Trinajstić information content (AvgIpc) is 2.21. The van der Waals surface area contributed by atoms with Crippen molar-refractivity contribution in [2.75, 3.05) is 12.8 Å². The molecule has 15 heavy (non-hydrogen) atoms. The molecule has 1 aromatic carbocycles. The molecule has 0 aliphatic carbocycles. The van der Waals surface area contributed by atoms with E-state index < -0.39 is 0 Å². The average molecular weight is 224 g/mol. The van der Waals surface area contributed by atoms with Crippen molar-refractivity contribution in [1.82, 2.24) is 5.32 Å². The van der Waals surface area contributed by atoms with Crippen LogP contribution in [0.3, 0.4) is 0 Å². The molecule has 0 aliphatic rings. The van der Waals surface area contributed by atoms with E-state index in [0.29, 0.717) is 5.75 Å². The van der Waals surface area contributed by atoms with Crippen LogP contribution in [0.25, 0.3) is 0 Å². The van der Waals surface area contributed by atoms with Gasteiger partial charge < -0.3 is 11.1 Å². The first kappa shape index (κ1) is 12.1. The number of nitrogens with two attached hydrogens (primary N) is 1. The number of carbonyl (C=O) groups is 1. The Morgan fingerprint density at radius 3 is 2.53 bits per heavy atom. The Balaban J connectivity index is 2.49. The van der Waals surface area contributed by atoms with Gasteiger partial charge in [-0.2, -0.15) is 0 Å². The minimum absolute atomic E-state index is 0.267. The summed E-state index contributed by atoms with van der Waals surface area (Å²) in [6, 6.07) is 7.94. The molecule has 0 bridgehead atoms. The molecule has 0 radical (unpaired) electrons. The predicted molar refractivity (Wildman–Crippen MR) is 63.9 cm³/mol. The summed E-state index contributed by atoms with van der Waals surface area (Å²) in [7, 11) is 1.74. The Bertz CT molecular complexity index is 324. The first-order chi connectivity index (χ1) is 7.13. The summed E-state index contributed by atoms with van der Waals surface area (Å²) in [5, 5.41) is 2.89. The highest BCUT2D eigenvalue weighted by molar-refractivity contribution is 7.99. The maximum Gasteiger partial charge on any atom is 0.235 e. The molecule has 1 aromatic rings. The molecule has 1 unspecified atom stereocenters. The van der Waals surface area contributed by atoms with Crippen LogP contribution in [0.4, 0.5) is 0 Å². The second-order valence-electron chi connectivity index (χ2n) is 3.37. The second-order valence-corrected chi connectivity index (χ2v) is 4.46. The number of likely N-dealkylation sites (N-methyl/N-ethyl adjacent to an activating group) is 1. The van der Waals surface area contributed by atoms with Gasteiger partial charge in [-0.3, -0.25) is 4.79 Å². The maximum absolute atomic E-state index is 11.0. The highest BCUT2D eigenvalue weighted by atomic mass is 32.2. The quantitative estimate of drug-likeness (QED) is 0.738. The fourth-order valence-corrected chi connectivity index (χ4v) is 2.14. The zero-order valence-electron chi connectivity index (χ0n) is 8.99. The normalized spacial score (nSPS) is 12.4. The van der Waals surface area contributed by atoms with Crippen molar-refractivity contribution in [3.8, 4) is 0 Å². The third-order valence-corrected chi connectivity index (χ3v) is 3.24. The summed E-state index contributed by atoms with van der Waals surface area (Å²) in [5.74, 6) is 0.353. The second kappa shape index (κ2) is 5.78. The van der Waals surface area contributed by atoms with Crippen LogP contribution in [-0.4, -0.2) is 24.7 Å². The molecule has 0 fully saturated rings. The first-order valence-electron chi connectivity index (χ1n) is 4.79. The zero-order valence-corrected chi connectivity index (χ0v) is 9.80. The maximum atomic E-state index is 11.0. The molecule has 1 atom stereocenters. The Labute approximate surface area is 94.4 Å². The van der Waals surface area contributed by atoms with Crippen LogP contribution in [0.5, 0.6) is 0 Å². The van der Waals surface area contributed by atoms with E-state index in [-0.39, 0.29) is 11.9 Å². The lowest BCUT2D eigenvalue weighted by atomic mass is 10.2. The minimum atomic E-state index is -0.308. The summed E-state index contributed by atoms with van der Waals surface area (Å²) in [4.78, 5) is 12.1. The summed E-state index contributed by atoms with van der Waals surface area (Å²) in [5.41, 5.74) is 6.46. The van der Waals surface area contributed by atoms with E-state index in [1.807, 2.05) is 19.1 Å². The Hall–Kier alpha value is -1.00. The van der Waals surface area contributed by atoms with Crippen LogP contribution >= 0.6 is 11.8 Å². The van der Waals surface area contributed by atoms with Crippen molar-refractivity contribution in [3.05, 3.63) is 29.8 Å². The summed E-state index contributed by atoms with van der Waals surface area (Å²) in [6.07, 6.45) is 0. The van der Waals surface area contributed by atoms with Gasteiger partial charge in [0, 0.05) is 10.6 Å². The van der Waals surface area contributed by atoms with E-state index in [1.165, 1.54) is 5.56 Å².